The summed E-state index contributed by atoms with van der Waals surface area (Å²) in [6.45, 7) is 7.64. The van der Waals surface area contributed by atoms with Crippen molar-refractivity contribution in [2.75, 3.05) is 30.7 Å². The van der Waals surface area contributed by atoms with E-state index in [0.717, 1.165) is 4.90 Å². The maximum atomic E-state index is 12.5. The monoisotopic (exact) mass is 443 g/mol. The number of rotatable bonds is 8. The van der Waals surface area contributed by atoms with Crippen molar-refractivity contribution >= 4 is 39.3 Å². The maximum Gasteiger partial charge on any atom is 0.233 e. The Bertz CT molecular complexity index is 804. The molecule has 1 heterocycles. The smallest absolute Gasteiger partial charge is 0.233 e. The predicted octanol–water partition coefficient (Wildman–Crippen LogP) is 1.68. The van der Waals surface area contributed by atoms with Gasteiger partial charge in [-0.05, 0) is 45.0 Å². The molecule has 0 aliphatic carbocycles. The first kappa shape index (κ1) is 23.7. The van der Waals surface area contributed by atoms with E-state index in [-0.39, 0.29) is 41.6 Å². The lowest BCUT2D eigenvalue weighted by Crippen LogP contribution is -2.49. The van der Waals surface area contributed by atoms with E-state index >= 15 is 0 Å². The molecule has 1 aliphatic rings. The van der Waals surface area contributed by atoms with Crippen molar-refractivity contribution in [3.8, 4) is 0 Å². The van der Waals surface area contributed by atoms with Crippen LogP contribution in [0, 0.1) is 0 Å². The quantitative estimate of drug-likeness (QED) is 0.593. The molecule has 0 unspecified atom stereocenters. The van der Waals surface area contributed by atoms with Crippen LogP contribution in [0.1, 0.15) is 27.7 Å². The van der Waals surface area contributed by atoms with Crippen LogP contribution in [0.25, 0.3) is 0 Å². The molecular formula is C19H29N3O5S2. The summed E-state index contributed by atoms with van der Waals surface area (Å²) in [6.07, 6.45) is -0.284. The number of carbonyl (C=O) groups excluding carboxylic acids is 2. The molecule has 0 radical (unpaired) electrons. The second-order valence-electron chi connectivity index (χ2n) is 7.15. The number of thioether (sulfide) groups is 1. The lowest BCUT2D eigenvalue weighted by molar-refractivity contribution is -0.120. The zero-order valence-corrected chi connectivity index (χ0v) is 18.8. The van der Waals surface area contributed by atoms with Crippen LogP contribution in [0.2, 0.25) is 0 Å². The van der Waals surface area contributed by atoms with Gasteiger partial charge in [0.05, 0.1) is 23.2 Å². The third-order valence-electron chi connectivity index (χ3n) is 4.30. The number of nitrogens with one attached hydrogen (secondary N) is 2. The summed E-state index contributed by atoms with van der Waals surface area (Å²) in [7, 11) is -3.45. The SMILES string of the molecule is CC(=O)Nc1ccc(S[C@H](C)C(=O)NCCS(=O)(=O)N2C[C@H](C)O[C@@H](C)C2)cc1. The van der Waals surface area contributed by atoms with Gasteiger partial charge in [-0.25, -0.2) is 8.42 Å². The number of sulfonamides is 1. The molecule has 8 nitrogen and oxygen atoms in total. The Labute approximate surface area is 176 Å². The molecule has 1 fully saturated rings. The summed E-state index contributed by atoms with van der Waals surface area (Å²) in [5, 5.41) is 5.01. The van der Waals surface area contributed by atoms with E-state index in [1.165, 1.54) is 23.0 Å². The zero-order valence-electron chi connectivity index (χ0n) is 17.2. The van der Waals surface area contributed by atoms with Gasteiger partial charge in [-0.3, -0.25) is 9.59 Å². The first-order chi connectivity index (χ1) is 13.6. The number of amides is 2. The van der Waals surface area contributed by atoms with Crippen LogP contribution >= 0.6 is 11.8 Å². The molecule has 2 amide bonds. The number of ether oxygens (including phenoxy) is 1. The van der Waals surface area contributed by atoms with Crippen molar-refractivity contribution in [3.05, 3.63) is 24.3 Å². The van der Waals surface area contributed by atoms with Gasteiger partial charge in [-0.2, -0.15) is 4.31 Å². The van der Waals surface area contributed by atoms with E-state index in [0.29, 0.717) is 18.8 Å². The molecule has 0 bridgehead atoms. The Balaban J connectivity index is 1.80. The number of benzene rings is 1. The molecule has 162 valence electrons. The highest BCUT2D eigenvalue weighted by atomic mass is 32.2. The highest BCUT2D eigenvalue weighted by Crippen LogP contribution is 2.24. The van der Waals surface area contributed by atoms with Crippen LogP contribution < -0.4 is 10.6 Å². The standard InChI is InChI=1S/C19H29N3O5S2/c1-13-11-22(12-14(2)27-13)29(25,26)10-9-20-19(24)15(3)28-18-7-5-17(6-8-18)21-16(4)23/h5-8,13-15H,9-12H2,1-4H3,(H,20,24)(H,21,23)/t13-,14-,15+/m0/s1. The molecule has 2 N–H and O–H groups in total. The van der Waals surface area contributed by atoms with Crippen molar-refractivity contribution in [2.45, 2.75) is 50.0 Å². The lowest BCUT2D eigenvalue weighted by Gasteiger charge is -2.34. The number of hydrogen-bond donors (Lipinski definition) is 2. The van der Waals surface area contributed by atoms with Crippen molar-refractivity contribution in [1.29, 1.82) is 0 Å². The van der Waals surface area contributed by atoms with E-state index in [1.54, 1.807) is 19.1 Å². The van der Waals surface area contributed by atoms with Crippen LogP contribution in [-0.2, 0) is 24.3 Å². The van der Waals surface area contributed by atoms with Crippen LogP contribution in [0.4, 0.5) is 5.69 Å². The first-order valence-corrected chi connectivity index (χ1v) is 12.0. The molecule has 29 heavy (non-hydrogen) atoms. The molecular weight excluding hydrogens is 414 g/mol. The van der Waals surface area contributed by atoms with Gasteiger partial charge in [0.15, 0.2) is 0 Å². The van der Waals surface area contributed by atoms with Crippen molar-refractivity contribution in [3.63, 3.8) is 0 Å². The van der Waals surface area contributed by atoms with Gasteiger partial charge in [0.1, 0.15) is 0 Å². The van der Waals surface area contributed by atoms with Crippen LogP contribution in [0.5, 0.6) is 0 Å². The molecule has 0 saturated carbocycles. The summed E-state index contributed by atoms with van der Waals surface area (Å²) in [6, 6.07) is 7.19. The number of morpholine rings is 1. The average molecular weight is 444 g/mol. The summed E-state index contributed by atoms with van der Waals surface area (Å²) >= 11 is 1.36. The number of hydrogen-bond acceptors (Lipinski definition) is 6. The number of nitrogens with zero attached hydrogens (tertiary/aromatic N) is 1. The molecule has 1 aromatic carbocycles. The summed E-state index contributed by atoms with van der Waals surface area (Å²) < 4.78 is 32.0. The fourth-order valence-corrected chi connectivity index (χ4v) is 5.40. The lowest BCUT2D eigenvalue weighted by atomic mass is 10.3. The fourth-order valence-electron chi connectivity index (χ4n) is 3.01. The predicted molar refractivity (Wildman–Crippen MR) is 114 cm³/mol. The fraction of sp³-hybridized carbons (Fsp3) is 0.579. The summed E-state index contributed by atoms with van der Waals surface area (Å²) in [5.74, 6) is -0.505. The molecule has 1 saturated heterocycles. The van der Waals surface area contributed by atoms with Gasteiger partial charge in [-0.1, -0.05) is 0 Å². The maximum absolute atomic E-state index is 12.5. The zero-order chi connectivity index (χ0) is 21.6. The molecule has 0 spiro atoms. The second kappa shape index (κ2) is 10.4. The van der Waals surface area contributed by atoms with Crippen molar-refractivity contribution < 1.29 is 22.7 Å². The van der Waals surface area contributed by atoms with E-state index < -0.39 is 10.0 Å². The van der Waals surface area contributed by atoms with E-state index in [2.05, 4.69) is 10.6 Å². The van der Waals surface area contributed by atoms with Crippen molar-refractivity contribution in [2.24, 2.45) is 0 Å². The molecule has 3 atom stereocenters. The van der Waals surface area contributed by atoms with Gasteiger partial charge in [0, 0.05) is 37.1 Å². The Hall–Kier alpha value is -1.62. The average Bonchev–Trinajstić information content (AvgIpc) is 2.61. The normalized spacial score (nSPS) is 21.4. The molecule has 0 aromatic heterocycles. The van der Waals surface area contributed by atoms with Crippen LogP contribution in [-0.4, -0.2) is 67.4 Å². The van der Waals surface area contributed by atoms with Gasteiger partial charge in [0.25, 0.3) is 0 Å². The molecule has 2 rings (SSSR count). The van der Waals surface area contributed by atoms with E-state index in [4.69, 9.17) is 4.74 Å². The van der Waals surface area contributed by atoms with Gasteiger partial charge >= 0.3 is 0 Å². The topological polar surface area (TPSA) is 105 Å². The molecule has 1 aromatic rings. The van der Waals surface area contributed by atoms with E-state index in [9.17, 15) is 18.0 Å². The molecule has 1 aliphatic heterocycles. The van der Waals surface area contributed by atoms with Gasteiger partial charge in [0.2, 0.25) is 21.8 Å². The summed E-state index contributed by atoms with van der Waals surface area (Å²) in [5.41, 5.74) is 0.691. The minimum Gasteiger partial charge on any atom is -0.373 e. The van der Waals surface area contributed by atoms with Crippen molar-refractivity contribution in [1.82, 2.24) is 9.62 Å². The molecule has 10 heteroatoms. The van der Waals surface area contributed by atoms with E-state index in [1.807, 2.05) is 26.0 Å². The largest absolute Gasteiger partial charge is 0.373 e. The highest BCUT2D eigenvalue weighted by molar-refractivity contribution is 8.00. The van der Waals surface area contributed by atoms with Gasteiger partial charge < -0.3 is 15.4 Å². The Morgan fingerprint density at radius 2 is 1.79 bits per heavy atom. The van der Waals surface area contributed by atoms with Crippen LogP contribution in [0.15, 0.2) is 29.2 Å². The van der Waals surface area contributed by atoms with Gasteiger partial charge in [-0.15, -0.1) is 11.8 Å². The first-order valence-electron chi connectivity index (χ1n) is 9.52. The number of carbonyl (C=O) groups is 2. The minimum absolute atomic E-state index is 0.0631. The van der Waals surface area contributed by atoms with Crippen LogP contribution in [0.3, 0.4) is 0 Å². The second-order valence-corrected chi connectivity index (χ2v) is 10.6. The highest BCUT2D eigenvalue weighted by Gasteiger charge is 2.30. The number of anilines is 1. The summed E-state index contributed by atoms with van der Waals surface area (Å²) in [4.78, 5) is 24.2. The minimum atomic E-state index is -3.45. The third-order valence-corrected chi connectivity index (χ3v) is 7.21. The Morgan fingerprint density at radius 3 is 2.34 bits per heavy atom. The third kappa shape index (κ3) is 7.61. The Morgan fingerprint density at radius 1 is 1.21 bits per heavy atom. The Kier molecular flexibility index (Phi) is 8.50.